The minimum Gasteiger partial charge on any atom is -0.494 e. The quantitative estimate of drug-likeness (QED) is 0.427. The first-order valence-electron chi connectivity index (χ1n) is 11.9. The molecular weight excluding hydrogens is 446 g/mol. The third-order valence-corrected chi connectivity index (χ3v) is 6.07. The summed E-state index contributed by atoms with van der Waals surface area (Å²) in [5, 5.41) is 0. The molecule has 3 aromatic rings. The van der Waals surface area contributed by atoms with E-state index in [0.29, 0.717) is 23.9 Å². The van der Waals surface area contributed by atoms with Crippen LogP contribution in [0, 0.1) is 0 Å². The van der Waals surface area contributed by atoms with Crippen molar-refractivity contribution >= 4 is 0 Å². The van der Waals surface area contributed by atoms with Crippen LogP contribution in [0.2, 0.25) is 0 Å². The van der Waals surface area contributed by atoms with Crippen molar-refractivity contribution in [2.24, 2.45) is 0 Å². The van der Waals surface area contributed by atoms with Gasteiger partial charge in [0.1, 0.15) is 18.8 Å². The lowest BCUT2D eigenvalue weighted by Crippen LogP contribution is -3.09. The Balaban J connectivity index is 1.54. The van der Waals surface area contributed by atoms with E-state index in [-0.39, 0.29) is 6.79 Å². The van der Waals surface area contributed by atoms with Crippen molar-refractivity contribution in [3.8, 4) is 34.5 Å². The molecule has 1 aliphatic rings. The van der Waals surface area contributed by atoms with Gasteiger partial charge in [-0.25, -0.2) is 0 Å². The molecule has 0 amide bonds. The van der Waals surface area contributed by atoms with Crippen LogP contribution in [0.25, 0.3) is 0 Å². The van der Waals surface area contributed by atoms with Crippen LogP contribution < -0.4 is 33.3 Å². The monoisotopic (exact) mass is 480 g/mol. The Labute approximate surface area is 207 Å². The minimum atomic E-state index is 0.287. The van der Waals surface area contributed by atoms with Gasteiger partial charge in [-0.3, -0.25) is 0 Å². The van der Waals surface area contributed by atoms with Crippen molar-refractivity contribution < 1.29 is 33.3 Å². The summed E-state index contributed by atoms with van der Waals surface area (Å²) >= 11 is 0. The fraction of sp³-hybridized carbons (Fsp3) is 0.357. The van der Waals surface area contributed by atoms with Gasteiger partial charge in [0.2, 0.25) is 12.5 Å². The lowest BCUT2D eigenvalue weighted by atomic mass is 10.1. The van der Waals surface area contributed by atoms with Gasteiger partial charge in [0, 0.05) is 17.5 Å². The molecular formula is C28H34NO6+. The van der Waals surface area contributed by atoms with Gasteiger partial charge < -0.3 is 33.3 Å². The van der Waals surface area contributed by atoms with Gasteiger partial charge in [-0.15, -0.1) is 0 Å². The fourth-order valence-electron chi connectivity index (χ4n) is 4.34. The molecule has 186 valence electrons. The third-order valence-electron chi connectivity index (χ3n) is 6.07. The van der Waals surface area contributed by atoms with Crippen molar-refractivity contribution in [1.82, 2.24) is 0 Å². The largest absolute Gasteiger partial charge is 0.494 e. The number of hydrogen-bond acceptors (Lipinski definition) is 6. The Hall–Kier alpha value is -3.58. The Morgan fingerprint density at radius 1 is 0.743 bits per heavy atom. The van der Waals surface area contributed by atoms with Gasteiger partial charge in [-0.2, -0.15) is 0 Å². The second kappa shape index (κ2) is 11.7. The second-order valence-corrected chi connectivity index (χ2v) is 8.40. The van der Waals surface area contributed by atoms with E-state index in [9.17, 15) is 0 Å². The first-order chi connectivity index (χ1) is 17.1. The Morgan fingerprint density at radius 2 is 1.40 bits per heavy atom. The molecule has 1 atom stereocenters. The molecule has 0 fully saturated rings. The molecule has 0 aliphatic carbocycles. The van der Waals surface area contributed by atoms with Crippen molar-refractivity contribution in [2.75, 3.05) is 41.3 Å². The number of benzene rings is 3. The van der Waals surface area contributed by atoms with Gasteiger partial charge in [-0.05, 0) is 61.0 Å². The van der Waals surface area contributed by atoms with Gasteiger partial charge in [0.25, 0.3) is 0 Å². The molecule has 0 aromatic heterocycles. The fourth-order valence-corrected chi connectivity index (χ4v) is 4.34. The summed E-state index contributed by atoms with van der Waals surface area (Å²) < 4.78 is 33.3. The third kappa shape index (κ3) is 6.11. The number of rotatable bonds is 12. The zero-order valence-electron chi connectivity index (χ0n) is 20.9. The van der Waals surface area contributed by atoms with E-state index < -0.39 is 0 Å². The molecule has 1 unspecified atom stereocenters. The van der Waals surface area contributed by atoms with Crippen molar-refractivity contribution in [3.63, 3.8) is 0 Å². The molecule has 0 bridgehead atoms. The molecule has 0 saturated carbocycles. The van der Waals surface area contributed by atoms with E-state index >= 15 is 0 Å². The van der Waals surface area contributed by atoms with Gasteiger partial charge in [0.05, 0.1) is 34.5 Å². The summed E-state index contributed by atoms with van der Waals surface area (Å²) in [6, 6.07) is 18.6. The Morgan fingerprint density at radius 3 is 2.06 bits per heavy atom. The maximum Gasteiger partial charge on any atom is 0.231 e. The van der Waals surface area contributed by atoms with E-state index in [1.807, 2.05) is 37.3 Å². The summed E-state index contributed by atoms with van der Waals surface area (Å²) in [6.45, 7) is 5.54. The second-order valence-electron chi connectivity index (χ2n) is 8.40. The van der Waals surface area contributed by atoms with E-state index in [4.69, 9.17) is 28.4 Å². The molecule has 1 heterocycles. The molecule has 3 aromatic carbocycles. The van der Waals surface area contributed by atoms with Crippen LogP contribution in [-0.2, 0) is 19.5 Å². The number of ether oxygens (including phenoxy) is 6. The first kappa shape index (κ1) is 24.5. The smallest absolute Gasteiger partial charge is 0.231 e. The topological polar surface area (TPSA) is 59.8 Å². The van der Waals surface area contributed by atoms with Crippen LogP contribution in [0.5, 0.6) is 34.5 Å². The molecule has 0 saturated heterocycles. The summed E-state index contributed by atoms with van der Waals surface area (Å²) in [6.07, 6.45) is 0.910. The average molecular weight is 481 g/mol. The molecule has 0 radical (unpaired) electrons. The highest BCUT2D eigenvalue weighted by molar-refractivity contribution is 5.53. The summed E-state index contributed by atoms with van der Waals surface area (Å²) in [5.41, 5.74) is 3.59. The van der Waals surface area contributed by atoms with Crippen LogP contribution in [0.1, 0.15) is 23.6 Å². The van der Waals surface area contributed by atoms with Gasteiger partial charge in [0.15, 0.2) is 23.0 Å². The zero-order chi connectivity index (χ0) is 24.6. The average Bonchev–Trinajstić information content (AvgIpc) is 3.36. The standard InChI is InChI=1S/C28H33NO6/c1-5-33-23-9-6-21(7-10-23)17-29(13-12-20-8-11-24-25(14-20)35-19-34-24)18-22-15-26(30-2)28(32-4)27(16-22)31-3/h6-11,14-16H,5,12-13,17-19H2,1-4H3/p+1. The molecule has 4 rings (SSSR count). The highest BCUT2D eigenvalue weighted by atomic mass is 16.7. The van der Waals surface area contributed by atoms with Gasteiger partial charge >= 0.3 is 0 Å². The van der Waals surface area contributed by atoms with Crippen LogP contribution in [0.4, 0.5) is 0 Å². The number of fused-ring (bicyclic) bond motifs is 1. The maximum atomic E-state index is 5.61. The van der Waals surface area contributed by atoms with E-state index in [0.717, 1.165) is 48.9 Å². The number of nitrogens with one attached hydrogen (secondary N) is 1. The lowest BCUT2D eigenvalue weighted by molar-refractivity contribution is -0.927. The molecule has 1 aliphatic heterocycles. The van der Waals surface area contributed by atoms with E-state index in [1.165, 1.54) is 16.0 Å². The van der Waals surface area contributed by atoms with Crippen molar-refractivity contribution in [3.05, 3.63) is 71.3 Å². The van der Waals surface area contributed by atoms with Crippen LogP contribution in [0.15, 0.2) is 54.6 Å². The highest BCUT2D eigenvalue weighted by Gasteiger charge is 2.19. The van der Waals surface area contributed by atoms with Crippen molar-refractivity contribution in [1.29, 1.82) is 0 Å². The summed E-state index contributed by atoms with van der Waals surface area (Å²) in [7, 11) is 4.91. The summed E-state index contributed by atoms with van der Waals surface area (Å²) in [4.78, 5) is 1.40. The Bertz CT molecular complexity index is 1090. The highest BCUT2D eigenvalue weighted by Crippen LogP contribution is 2.38. The summed E-state index contributed by atoms with van der Waals surface area (Å²) in [5.74, 6) is 4.45. The number of hydrogen-bond donors (Lipinski definition) is 1. The molecule has 35 heavy (non-hydrogen) atoms. The molecule has 7 nitrogen and oxygen atoms in total. The molecule has 7 heteroatoms. The number of methoxy groups -OCH3 is 3. The minimum absolute atomic E-state index is 0.287. The normalized spacial score (nSPS) is 12.8. The predicted octanol–water partition coefficient (Wildman–Crippen LogP) is 3.67. The van der Waals surface area contributed by atoms with E-state index in [2.05, 4.69) is 24.3 Å². The maximum absolute atomic E-state index is 5.61. The van der Waals surface area contributed by atoms with Crippen molar-refractivity contribution in [2.45, 2.75) is 26.4 Å². The molecule has 1 N–H and O–H groups in total. The van der Waals surface area contributed by atoms with E-state index in [1.54, 1.807) is 21.3 Å². The molecule has 0 spiro atoms. The first-order valence-corrected chi connectivity index (χ1v) is 11.9. The van der Waals surface area contributed by atoms with Crippen LogP contribution in [-0.4, -0.2) is 41.3 Å². The SMILES string of the molecule is CCOc1ccc(C[NH+](CCc2ccc3c(c2)OCO3)Cc2cc(OC)c(OC)c(OC)c2)cc1. The van der Waals surface area contributed by atoms with Crippen LogP contribution >= 0.6 is 0 Å². The lowest BCUT2D eigenvalue weighted by Gasteiger charge is -2.21. The predicted molar refractivity (Wildman–Crippen MR) is 133 cm³/mol. The van der Waals surface area contributed by atoms with Gasteiger partial charge in [-0.1, -0.05) is 6.07 Å². The zero-order valence-corrected chi connectivity index (χ0v) is 20.9. The number of quaternary nitrogens is 1. The van der Waals surface area contributed by atoms with Crippen LogP contribution in [0.3, 0.4) is 0 Å². The Kier molecular flexibility index (Phi) is 8.21.